The van der Waals surface area contributed by atoms with Crippen molar-refractivity contribution in [2.75, 3.05) is 11.9 Å². The molecule has 0 saturated heterocycles. The summed E-state index contributed by atoms with van der Waals surface area (Å²) in [4.78, 5) is 16.7. The van der Waals surface area contributed by atoms with E-state index in [0.717, 1.165) is 29.8 Å². The molecule has 0 bridgehead atoms. The topological polar surface area (TPSA) is 51.2 Å². The molecule has 0 atom stereocenters. The van der Waals surface area contributed by atoms with Crippen LogP contribution in [0.5, 0.6) is 5.75 Å². The van der Waals surface area contributed by atoms with E-state index < -0.39 is 0 Å². The van der Waals surface area contributed by atoms with Crippen LogP contribution in [-0.4, -0.2) is 17.5 Å². The number of carbonyl (C=O) groups is 1. The Labute approximate surface area is 170 Å². The van der Waals surface area contributed by atoms with Crippen molar-refractivity contribution >= 4 is 22.4 Å². The highest BCUT2D eigenvalue weighted by Crippen LogP contribution is 2.25. The molecule has 0 radical (unpaired) electrons. The number of anilines is 1. The molecular weight excluding hydrogens is 368 g/mol. The summed E-state index contributed by atoms with van der Waals surface area (Å²) in [5.74, 6) is 0.798. The van der Waals surface area contributed by atoms with E-state index in [4.69, 9.17) is 4.74 Å². The molecule has 0 aliphatic heterocycles. The highest BCUT2D eigenvalue weighted by Gasteiger charge is 2.08. The first-order valence-corrected chi connectivity index (χ1v) is 10.6. The third-order valence-electron chi connectivity index (χ3n) is 4.38. The van der Waals surface area contributed by atoms with Crippen molar-refractivity contribution in [3.63, 3.8) is 0 Å². The van der Waals surface area contributed by atoms with E-state index in [1.165, 1.54) is 22.5 Å². The van der Waals surface area contributed by atoms with Gasteiger partial charge >= 0.3 is 0 Å². The van der Waals surface area contributed by atoms with Gasteiger partial charge in [-0.15, -0.1) is 11.3 Å². The second-order valence-corrected chi connectivity index (χ2v) is 7.66. The lowest BCUT2D eigenvalue weighted by molar-refractivity contribution is -0.116. The molecule has 0 unspecified atom stereocenters. The maximum atomic E-state index is 12.1. The summed E-state index contributed by atoms with van der Waals surface area (Å²) >= 11 is 1.45. The van der Waals surface area contributed by atoms with E-state index >= 15 is 0 Å². The molecule has 4 nitrogen and oxygen atoms in total. The minimum Gasteiger partial charge on any atom is -0.494 e. The fourth-order valence-corrected chi connectivity index (χ4v) is 3.57. The number of thiazole rings is 1. The normalized spacial score (nSPS) is 10.6. The molecule has 3 aromatic rings. The van der Waals surface area contributed by atoms with Gasteiger partial charge in [0.15, 0.2) is 5.13 Å². The van der Waals surface area contributed by atoms with Gasteiger partial charge < -0.3 is 10.1 Å². The predicted molar refractivity (Wildman–Crippen MR) is 116 cm³/mol. The second kappa shape index (κ2) is 10.0. The maximum absolute atomic E-state index is 12.1. The second-order valence-electron chi connectivity index (χ2n) is 6.80. The summed E-state index contributed by atoms with van der Waals surface area (Å²) in [5, 5.41) is 5.50. The van der Waals surface area contributed by atoms with E-state index in [-0.39, 0.29) is 5.91 Å². The van der Waals surface area contributed by atoms with Crippen LogP contribution < -0.4 is 10.1 Å². The van der Waals surface area contributed by atoms with Crippen LogP contribution >= 0.6 is 11.3 Å². The largest absolute Gasteiger partial charge is 0.494 e. The van der Waals surface area contributed by atoms with Gasteiger partial charge in [-0.2, -0.15) is 0 Å². The molecule has 5 heteroatoms. The Kier molecular flexibility index (Phi) is 7.20. The van der Waals surface area contributed by atoms with Gasteiger partial charge in [0.25, 0.3) is 0 Å². The van der Waals surface area contributed by atoms with Crippen LogP contribution in [-0.2, 0) is 11.2 Å². The summed E-state index contributed by atoms with van der Waals surface area (Å²) < 4.78 is 5.66. The highest BCUT2D eigenvalue weighted by atomic mass is 32.1. The van der Waals surface area contributed by atoms with E-state index in [0.29, 0.717) is 24.6 Å². The Morgan fingerprint density at radius 2 is 1.86 bits per heavy atom. The summed E-state index contributed by atoms with van der Waals surface area (Å²) in [6.45, 7) is 4.74. The number of rotatable bonds is 9. The fourth-order valence-electron chi connectivity index (χ4n) is 2.83. The van der Waals surface area contributed by atoms with Crippen LogP contribution in [0.3, 0.4) is 0 Å². The molecule has 0 fully saturated rings. The van der Waals surface area contributed by atoms with Gasteiger partial charge in [-0.1, -0.05) is 55.3 Å². The number of hydrogen-bond donors (Lipinski definition) is 1. The standard InChI is InChI=1S/C23H26N2O2S/c1-3-5-18-9-11-19(12-10-18)21-16-28-23(24-21)25-22(26)6-4-15-27-20-13-7-17(2)8-14-20/h7-14,16H,3-6,15H2,1-2H3,(H,24,25,26). The van der Waals surface area contributed by atoms with E-state index in [1.807, 2.05) is 36.6 Å². The van der Waals surface area contributed by atoms with Crippen molar-refractivity contribution in [1.82, 2.24) is 4.98 Å². The first kappa shape index (κ1) is 20.1. The number of benzene rings is 2. The number of ether oxygens (including phenoxy) is 1. The number of carbonyl (C=O) groups excluding carboxylic acids is 1. The van der Waals surface area contributed by atoms with Gasteiger partial charge in [-0.3, -0.25) is 4.79 Å². The first-order valence-electron chi connectivity index (χ1n) is 9.68. The smallest absolute Gasteiger partial charge is 0.226 e. The lowest BCUT2D eigenvalue weighted by Crippen LogP contribution is -2.12. The monoisotopic (exact) mass is 394 g/mol. The number of aryl methyl sites for hydroxylation is 2. The summed E-state index contributed by atoms with van der Waals surface area (Å²) in [7, 11) is 0. The van der Waals surface area contributed by atoms with Crippen LogP contribution in [0.4, 0.5) is 5.13 Å². The Balaban J connectivity index is 1.43. The van der Waals surface area contributed by atoms with Gasteiger partial charge in [-0.25, -0.2) is 4.98 Å². The Hall–Kier alpha value is -2.66. The highest BCUT2D eigenvalue weighted by molar-refractivity contribution is 7.14. The van der Waals surface area contributed by atoms with Crippen LogP contribution in [0.25, 0.3) is 11.3 Å². The Morgan fingerprint density at radius 3 is 2.57 bits per heavy atom. The van der Waals surface area contributed by atoms with Gasteiger partial charge in [0.1, 0.15) is 5.75 Å². The number of hydrogen-bond acceptors (Lipinski definition) is 4. The minimum atomic E-state index is -0.0355. The zero-order valence-electron chi connectivity index (χ0n) is 16.4. The molecular formula is C23H26N2O2S. The zero-order valence-corrected chi connectivity index (χ0v) is 17.2. The van der Waals surface area contributed by atoms with Crippen molar-refractivity contribution in [3.8, 4) is 17.0 Å². The van der Waals surface area contributed by atoms with Gasteiger partial charge in [-0.05, 0) is 37.5 Å². The molecule has 146 valence electrons. The number of amides is 1. The Morgan fingerprint density at radius 1 is 1.11 bits per heavy atom. The number of aromatic nitrogens is 1. The van der Waals surface area contributed by atoms with Crippen molar-refractivity contribution in [2.24, 2.45) is 0 Å². The number of nitrogens with zero attached hydrogens (tertiary/aromatic N) is 1. The average molecular weight is 395 g/mol. The molecule has 1 amide bonds. The summed E-state index contributed by atoms with van der Waals surface area (Å²) in [6.07, 6.45) is 3.30. The maximum Gasteiger partial charge on any atom is 0.226 e. The molecule has 1 heterocycles. The summed E-state index contributed by atoms with van der Waals surface area (Å²) in [5.41, 5.74) is 4.50. The lowest BCUT2D eigenvalue weighted by atomic mass is 10.1. The van der Waals surface area contributed by atoms with Crippen LogP contribution in [0.2, 0.25) is 0 Å². The molecule has 0 aliphatic rings. The quantitative estimate of drug-likeness (QED) is 0.462. The van der Waals surface area contributed by atoms with Crippen LogP contribution in [0, 0.1) is 6.92 Å². The van der Waals surface area contributed by atoms with Gasteiger partial charge in [0.05, 0.1) is 12.3 Å². The average Bonchev–Trinajstić information content (AvgIpc) is 3.16. The minimum absolute atomic E-state index is 0.0355. The third-order valence-corrected chi connectivity index (χ3v) is 5.13. The van der Waals surface area contributed by atoms with E-state index in [2.05, 4.69) is 41.5 Å². The van der Waals surface area contributed by atoms with E-state index in [9.17, 15) is 4.79 Å². The molecule has 1 aromatic heterocycles. The summed E-state index contributed by atoms with van der Waals surface area (Å²) in [6, 6.07) is 16.4. The van der Waals surface area contributed by atoms with Gasteiger partial charge in [0.2, 0.25) is 5.91 Å². The van der Waals surface area contributed by atoms with Crippen LogP contribution in [0.15, 0.2) is 53.9 Å². The fraction of sp³-hybridized carbons (Fsp3) is 0.304. The number of nitrogens with one attached hydrogen (secondary N) is 1. The Bertz CT molecular complexity index is 886. The van der Waals surface area contributed by atoms with Crippen molar-refractivity contribution in [2.45, 2.75) is 39.5 Å². The van der Waals surface area contributed by atoms with Crippen molar-refractivity contribution in [3.05, 3.63) is 65.0 Å². The molecule has 3 rings (SSSR count). The predicted octanol–water partition coefficient (Wildman–Crippen LogP) is 5.87. The molecule has 1 N–H and O–H groups in total. The molecule has 2 aromatic carbocycles. The first-order chi connectivity index (χ1) is 13.6. The van der Waals surface area contributed by atoms with E-state index in [1.54, 1.807) is 0 Å². The lowest BCUT2D eigenvalue weighted by Gasteiger charge is -2.06. The van der Waals surface area contributed by atoms with Gasteiger partial charge in [0, 0.05) is 17.4 Å². The SMILES string of the molecule is CCCc1ccc(-c2csc(NC(=O)CCCOc3ccc(C)cc3)n2)cc1. The van der Waals surface area contributed by atoms with Crippen LogP contribution in [0.1, 0.15) is 37.3 Å². The molecule has 28 heavy (non-hydrogen) atoms. The van der Waals surface area contributed by atoms with Crippen molar-refractivity contribution < 1.29 is 9.53 Å². The molecule has 0 aliphatic carbocycles. The molecule has 0 spiro atoms. The third kappa shape index (κ3) is 5.92. The van der Waals surface area contributed by atoms with Crippen molar-refractivity contribution in [1.29, 1.82) is 0 Å². The zero-order chi connectivity index (χ0) is 19.8. The molecule has 0 saturated carbocycles.